The van der Waals surface area contributed by atoms with Crippen molar-refractivity contribution in [1.29, 1.82) is 0 Å². The molecule has 1 atom stereocenters. The summed E-state index contributed by atoms with van der Waals surface area (Å²) in [6.45, 7) is 2.08. The molecule has 34 heavy (non-hydrogen) atoms. The number of imidazole rings is 1. The Balaban J connectivity index is 1.52. The lowest BCUT2D eigenvalue weighted by Gasteiger charge is -2.28. The van der Waals surface area contributed by atoms with Gasteiger partial charge in [0.05, 0.1) is 23.6 Å². The fraction of sp³-hybridized carbons (Fsp3) is 0.455. The predicted octanol–water partition coefficient (Wildman–Crippen LogP) is 3.03. The number of H-pyrrole nitrogens is 1. The van der Waals surface area contributed by atoms with Gasteiger partial charge in [-0.25, -0.2) is 13.8 Å². The highest BCUT2D eigenvalue weighted by atomic mass is 35.5. The number of amides is 3. The first-order chi connectivity index (χ1) is 16.2. The SMILES string of the molecule is COCC(C)NC(=O)c1nc[nH]c1C(=O)NC1CCC(C(=O)Nc2cc(F)c(F)cc2Cl)CC1. The average Bonchev–Trinajstić information content (AvgIpc) is 3.28. The largest absolute Gasteiger partial charge is 0.383 e. The van der Waals surface area contributed by atoms with Crippen LogP contribution in [0.1, 0.15) is 53.6 Å². The van der Waals surface area contributed by atoms with Gasteiger partial charge in [0.1, 0.15) is 5.69 Å². The van der Waals surface area contributed by atoms with Crippen LogP contribution in [0.4, 0.5) is 14.5 Å². The van der Waals surface area contributed by atoms with Gasteiger partial charge >= 0.3 is 0 Å². The van der Waals surface area contributed by atoms with Gasteiger partial charge in [-0.3, -0.25) is 14.4 Å². The Morgan fingerprint density at radius 3 is 2.53 bits per heavy atom. The van der Waals surface area contributed by atoms with E-state index in [-0.39, 0.29) is 46.0 Å². The van der Waals surface area contributed by atoms with E-state index in [1.165, 1.54) is 13.4 Å². The molecule has 9 nitrogen and oxygen atoms in total. The summed E-state index contributed by atoms with van der Waals surface area (Å²) in [5.74, 6) is -3.88. The van der Waals surface area contributed by atoms with Gasteiger partial charge in [-0.15, -0.1) is 0 Å². The topological polar surface area (TPSA) is 125 Å². The Morgan fingerprint density at radius 2 is 1.85 bits per heavy atom. The average molecular weight is 498 g/mol. The maximum Gasteiger partial charge on any atom is 0.272 e. The first-order valence-electron chi connectivity index (χ1n) is 10.8. The molecule has 1 aliphatic carbocycles. The van der Waals surface area contributed by atoms with Crippen LogP contribution in [0.25, 0.3) is 0 Å². The number of nitrogens with one attached hydrogen (secondary N) is 4. The number of aromatic amines is 1. The summed E-state index contributed by atoms with van der Waals surface area (Å²) in [7, 11) is 1.52. The van der Waals surface area contributed by atoms with E-state index in [0.717, 1.165) is 12.1 Å². The second kappa shape index (κ2) is 11.4. The zero-order chi connectivity index (χ0) is 24.8. The van der Waals surface area contributed by atoms with Crippen molar-refractivity contribution in [3.8, 4) is 0 Å². The number of ether oxygens (including phenoxy) is 1. The molecule has 184 valence electrons. The number of anilines is 1. The monoisotopic (exact) mass is 497 g/mol. The van der Waals surface area contributed by atoms with E-state index in [4.69, 9.17) is 16.3 Å². The third kappa shape index (κ3) is 6.29. The number of carbonyl (C=O) groups is 3. The van der Waals surface area contributed by atoms with Gasteiger partial charge in [-0.2, -0.15) is 0 Å². The molecule has 0 aliphatic heterocycles. The van der Waals surface area contributed by atoms with Gasteiger partial charge in [0.25, 0.3) is 11.8 Å². The molecule has 1 heterocycles. The summed E-state index contributed by atoms with van der Waals surface area (Å²) in [5.41, 5.74) is 0.0396. The number of rotatable bonds is 8. The van der Waals surface area contributed by atoms with E-state index in [9.17, 15) is 23.2 Å². The van der Waals surface area contributed by atoms with Crippen molar-refractivity contribution in [3.63, 3.8) is 0 Å². The molecular formula is C22H26ClF2N5O4. The molecule has 2 aromatic rings. The van der Waals surface area contributed by atoms with Crippen LogP contribution in [-0.4, -0.2) is 53.5 Å². The van der Waals surface area contributed by atoms with Crippen molar-refractivity contribution in [2.45, 2.75) is 44.7 Å². The van der Waals surface area contributed by atoms with E-state index in [1.54, 1.807) is 6.92 Å². The Kier molecular flexibility index (Phi) is 8.56. The van der Waals surface area contributed by atoms with Crippen molar-refractivity contribution in [3.05, 3.63) is 46.5 Å². The second-order valence-corrected chi connectivity index (χ2v) is 8.62. The number of methoxy groups -OCH3 is 1. The van der Waals surface area contributed by atoms with Gasteiger partial charge in [0.15, 0.2) is 17.3 Å². The third-order valence-corrected chi connectivity index (χ3v) is 5.89. The van der Waals surface area contributed by atoms with Crippen molar-refractivity contribution in [1.82, 2.24) is 20.6 Å². The summed E-state index contributed by atoms with van der Waals surface area (Å²) in [4.78, 5) is 44.3. The first kappa shape index (κ1) is 25.6. The van der Waals surface area contributed by atoms with E-state index in [1.807, 2.05) is 0 Å². The molecule has 1 aromatic carbocycles. The lowest BCUT2D eigenvalue weighted by atomic mass is 9.85. The second-order valence-electron chi connectivity index (χ2n) is 8.21. The molecule has 3 rings (SSSR count). The van der Waals surface area contributed by atoms with Crippen molar-refractivity contribution < 1.29 is 27.9 Å². The summed E-state index contributed by atoms with van der Waals surface area (Å²) in [6, 6.07) is 1.19. The van der Waals surface area contributed by atoms with Crippen LogP contribution in [0.2, 0.25) is 5.02 Å². The lowest BCUT2D eigenvalue weighted by molar-refractivity contribution is -0.120. The van der Waals surface area contributed by atoms with Gasteiger partial charge in [0, 0.05) is 31.2 Å². The highest BCUT2D eigenvalue weighted by molar-refractivity contribution is 6.33. The Morgan fingerprint density at radius 1 is 1.18 bits per heavy atom. The molecule has 0 spiro atoms. The number of hydrogen-bond acceptors (Lipinski definition) is 5. The molecule has 4 N–H and O–H groups in total. The minimum absolute atomic E-state index is 0.00543. The summed E-state index contributed by atoms with van der Waals surface area (Å²) < 4.78 is 31.7. The van der Waals surface area contributed by atoms with Crippen LogP contribution in [-0.2, 0) is 9.53 Å². The number of hydrogen-bond donors (Lipinski definition) is 4. The van der Waals surface area contributed by atoms with E-state index in [0.29, 0.717) is 32.3 Å². The van der Waals surface area contributed by atoms with E-state index in [2.05, 4.69) is 25.9 Å². The molecule has 0 bridgehead atoms. The zero-order valence-electron chi connectivity index (χ0n) is 18.7. The normalized spacial score (nSPS) is 18.7. The Labute approximate surface area is 200 Å². The van der Waals surface area contributed by atoms with Crippen LogP contribution < -0.4 is 16.0 Å². The molecule has 3 amide bonds. The molecule has 0 radical (unpaired) electrons. The molecule has 1 fully saturated rings. The highest BCUT2D eigenvalue weighted by Gasteiger charge is 2.29. The maximum atomic E-state index is 13.5. The molecular weight excluding hydrogens is 472 g/mol. The van der Waals surface area contributed by atoms with Crippen LogP contribution in [0.15, 0.2) is 18.5 Å². The highest BCUT2D eigenvalue weighted by Crippen LogP contribution is 2.29. The number of aromatic nitrogens is 2. The molecule has 12 heteroatoms. The molecule has 1 aliphatic rings. The van der Waals surface area contributed by atoms with Gasteiger partial charge in [-0.05, 0) is 38.7 Å². The number of carbonyl (C=O) groups excluding carboxylic acids is 3. The summed E-state index contributed by atoms with van der Waals surface area (Å²) >= 11 is 5.88. The Bertz CT molecular complexity index is 1060. The lowest BCUT2D eigenvalue weighted by Crippen LogP contribution is -2.41. The minimum atomic E-state index is -1.11. The minimum Gasteiger partial charge on any atom is -0.383 e. The van der Waals surface area contributed by atoms with Crippen LogP contribution in [0, 0.1) is 17.6 Å². The van der Waals surface area contributed by atoms with E-state index >= 15 is 0 Å². The van der Waals surface area contributed by atoms with Crippen molar-refractivity contribution in [2.75, 3.05) is 19.0 Å². The quantitative estimate of drug-likeness (QED) is 0.417. The number of halogens is 3. The van der Waals surface area contributed by atoms with Gasteiger partial charge < -0.3 is 25.7 Å². The van der Waals surface area contributed by atoms with Gasteiger partial charge in [-0.1, -0.05) is 11.6 Å². The maximum absolute atomic E-state index is 13.5. The zero-order valence-corrected chi connectivity index (χ0v) is 19.5. The molecule has 1 aromatic heterocycles. The third-order valence-electron chi connectivity index (χ3n) is 5.58. The first-order valence-corrected chi connectivity index (χ1v) is 11.2. The standard InChI is InChI=1S/C22H26ClF2N5O4/c1-11(9-34-2)28-21(32)18-19(27-10-26-18)22(33)29-13-5-3-12(4-6-13)20(31)30-17-8-16(25)15(24)7-14(17)23/h7-8,10-13H,3-6,9H2,1-2H3,(H,26,27)(H,28,32)(H,29,33)(H,30,31). The summed E-state index contributed by atoms with van der Waals surface area (Å²) in [6.07, 6.45) is 3.27. The smallest absolute Gasteiger partial charge is 0.272 e. The molecule has 1 saturated carbocycles. The van der Waals surface area contributed by atoms with Crippen LogP contribution >= 0.6 is 11.6 Å². The van der Waals surface area contributed by atoms with Crippen molar-refractivity contribution >= 4 is 35.0 Å². The van der Waals surface area contributed by atoms with Crippen LogP contribution in [0.3, 0.4) is 0 Å². The van der Waals surface area contributed by atoms with E-state index < -0.39 is 23.4 Å². The molecule has 1 unspecified atom stereocenters. The van der Waals surface area contributed by atoms with Crippen LogP contribution in [0.5, 0.6) is 0 Å². The predicted molar refractivity (Wildman–Crippen MR) is 121 cm³/mol. The fourth-order valence-electron chi connectivity index (χ4n) is 3.83. The number of benzene rings is 1. The summed E-state index contributed by atoms with van der Waals surface area (Å²) in [5, 5.41) is 8.02. The Hall–Kier alpha value is -3.05. The fourth-order valence-corrected chi connectivity index (χ4v) is 4.03. The molecule has 0 saturated heterocycles. The van der Waals surface area contributed by atoms with Crippen molar-refractivity contribution in [2.24, 2.45) is 5.92 Å². The van der Waals surface area contributed by atoms with Gasteiger partial charge in [0.2, 0.25) is 5.91 Å². The number of nitrogens with zero attached hydrogens (tertiary/aromatic N) is 1.